The van der Waals surface area contributed by atoms with E-state index in [-0.39, 0.29) is 13.1 Å². The number of hydrogen-bond donors (Lipinski definition) is 0. The van der Waals surface area contributed by atoms with Crippen LogP contribution in [-0.4, -0.2) is 74.1 Å². The van der Waals surface area contributed by atoms with Gasteiger partial charge in [-0.15, -0.1) is 0 Å². The fourth-order valence-electron chi connectivity index (χ4n) is 4.30. The topological polar surface area (TPSA) is 88.6 Å². The van der Waals surface area contributed by atoms with Crippen LogP contribution in [0.5, 0.6) is 0 Å². The molecule has 10 heteroatoms. The molecule has 1 aromatic carbocycles. The van der Waals surface area contributed by atoms with E-state index in [4.69, 9.17) is 14.2 Å². The second-order valence-corrected chi connectivity index (χ2v) is 8.00. The van der Waals surface area contributed by atoms with Gasteiger partial charge in [0.1, 0.15) is 11.9 Å². The molecule has 168 valence electrons. The first-order valence-electron chi connectivity index (χ1n) is 10.4. The summed E-state index contributed by atoms with van der Waals surface area (Å²) in [5, 5.41) is 0. The molecule has 0 saturated carbocycles. The van der Waals surface area contributed by atoms with Crippen LogP contribution in [0.4, 0.5) is 20.6 Å². The number of carbonyl (C=O) groups is 3. The summed E-state index contributed by atoms with van der Waals surface area (Å²) < 4.78 is 31.6. The first-order valence-corrected chi connectivity index (χ1v) is 10.4. The highest BCUT2D eigenvalue weighted by Crippen LogP contribution is 2.35. The molecule has 0 aromatic heterocycles. The second kappa shape index (κ2) is 8.43. The zero-order valence-electron chi connectivity index (χ0n) is 17.6. The van der Waals surface area contributed by atoms with Gasteiger partial charge in [-0.05, 0) is 18.2 Å². The molecule has 1 spiro atoms. The van der Waals surface area contributed by atoms with Gasteiger partial charge < -0.3 is 19.1 Å². The second-order valence-electron chi connectivity index (χ2n) is 8.00. The lowest BCUT2D eigenvalue weighted by Crippen LogP contribution is -2.45. The lowest BCUT2D eigenvalue weighted by molar-refractivity contribution is -0.169. The smallest absolute Gasteiger partial charge is 0.414 e. The molecule has 3 heterocycles. The molecule has 3 saturated heterocycles. The molecule has 1 aromatic rings. The van der Waals surface area contributed by atoms with Crippen molar-refractivity contribution < 1.29 is 33.0 Å². The highest BCUT2D eigenvalue weighted by molar-refractivity contribution is 5.93. The third kappa shape index (κ3) is 4.35. The number of rotatable bonds is 4. The van der Waals surface area contributed by atoms with Gasteiger partial charge in [0.05, 0.1) is 37.7 Å². The number of benzene rings is 1. The highest BCUT2D eigenvalue weighted by atomic mass is 19.1. The van der Waals surface area contributed by atoms with Crippen LogP contribution in [0.2, 0.25) is 0 Å². The van der Waals surface area contributed by atoms with Gasteiger partial charge in [-0.1, -0.05) is 0 Å². The largest absolute Gasteiger partial charge is 0.442 e. The fraction of sp³-hybridized carbons (Fsp3) is 0.571. The Morgan fingerprint density at radius 1 is 1.16 bits per heavy atom. The summed E-state index contributed by atoms with van der Waals surface area (Å²) in [4.78, 5) is 39.8. The number of piperidine rings is 1. The van der Waals surface area contributed by atoms with Gasteiger partial charge in [0.25, 0.3) is 0 Å². The minimum absolute atomic E-state index is 0.0346. The summed E-state index contributed by atoms with van der Waals surface area (Å²) in [5.41, 5.74) is 0.821. The van der Waals surface area contributed by atoms with Crippen LogP contribution in [-0.2, 0) is 23.8 Å². The van der Waals surface area contributed by atoms with E-state index in [1.165, 1.54) is 24.8 Å². The van der Waals surface area contributed by atoms with Crippen molar-refractivity contribution in [3.8, 4) is 0 Å². The van der Waals surface area contributed by atoms with E-state index in [0.29, 0.717) is 50.5 Å². The van der Waals surface area contributed by atoms with Gasteiger partial charge in [0.15, 0.2) is 5.79 Å². The molecule has 3 fully saturated rings. The molecule has 0 unspecified atom stereocenters. The predicted octanol–water partition coefficient (Wildman–Crippen LogP) is 1.89. The zero-order chi connectivity index (χ0) is 22.2. The Morgan fingerprint density at radius 2 is 1.81 bits per heavy atom. The van der Waals surface area contributed by atoms with Crippen LogP contribution in [0.1, 0.15) is 26.7 Å². The van der Waals surface area contributed by atoms with Gasteiger partial charge in [0.2, 0.25) is 11.8 Å². The maximum Gasteiger partial charge on any atom is 0.414 e. The van der Waals surface area contributed by atoms with Gasteiger partial charge in [-0.3, -0.25) is 19.4 Å². The van der Waals surface area contributed by atoms with Crippen LogP contribution in [0.3, 0.4) is 0 Å². The van der Waals surface area contributed by atoms with Gasteiger partial charge in [-0.2, -0.15) is 0 Å². The van der Waals surface area contributed by atoms with Crippen molar-refractivity contribution in [3.05, 3.63) is 24.0 Å². The van der Waals surface area contributed by atoms with Crippen LogP contribution < -0.4 is 9.80 Å². The summed E-state index contributed by atoms with van der Waals surface area (Å²) in [6.45, 7) is 5.03. The lowest BCUT2D eigenvalue weighted by atomic mass is 10.0. The van der Waals surface area contributed by atoms with Crippen molar-refractivity contribution in [2.24, 2.45) is 0 Å². The molecule has 3 amide bonds. The minimum atomic E-state index is -0.673. The van der Waals surface area contributed by atoms with Gasteiger partial charge in [0, 0.05) is 39.8 Å². The van der Waals surface area contributed by atoms with Crippen molar-refractivity contribution in [1.29, 1.82) is 0 Å². The summed E-state index contributed by atoms with van der Waals surface area (Å²) in [6, 6.07) is 4.62. The van der Waals surface area contributed by atoms with Gasteiger partial charge in [-0.25, -0.2) is 9.18 Å². The molecule has 9 nitrogen and oxygen atoms in total. The molecule has 4 rings (SSSR count). The van der Waals surface area contributed by atoms with Gasteiger partial charge >= 0.3 is 6.09 Å². The monoisotopic (exact) mass is 435 g/mol. The van der Waals surface area contributed by atoms with E-state index in [1.54, 1.807) is 12.1 Å². The van der Waals surface area contributed by atoms with E-state index in [9.17, 15) is 18.8 Å². The Labute approximate surface area is 179 Å². The molecule has 3 aliphatic heterocycles. The number of cyclic esters (lactones) is 1. The van der Waals surface area contributed by atoms with Crippen molar-refractivity contribution in [2.45, 2.75) is 38.6 Å². The molecule has 31 heavy (non-hydrogen) atoms. The fourth-order valence-corrected chi connectivity index (χ4v) is 4.30. The maximum atomic E-state index is 14.9. The van der Waals surface area contributed by atoms with Crippen molar-refractivity contribution in [1.82, 2.24) is 4.90 Å². The van der Waals surface area contributed by atoms with E-state index in [2.05, 4.69) is 0 Å². The number of nitrogens with zero attached hydrogens (tertiary/aromatic N) is 3. The molecule has 0 radical (unpaired) electrons. The first-order chi connectivity index (χ1) is 14.8. The standard InChI is InChI=1S/C21H26FN3O6/c1-14(26)24(15(2)27)12-17-13-25(20(28)31-17)16-3-4-19(18(22)11-16)23-7-5-21(6-8-23)29-9-10-30-21/h3-4,11,17H,5-10,12-13H2,1-2H3/t17-/m0/s1. The molecule has 0 N–H and O–H groups in total. The Morgan fingerprint density at radius 3 is 2.39 bits per heavy atom. The van der Waals surface area contributed by atoms with Crippen molar-refractivity contribution >= 4 is 29.3 Å². The Hall–Kier alpha value is -2.72. The molecular formula is C21H26FN3O6. The predicted molar refractivity (Wildman–Crippen MR) is 108 cm³/mol. The summed E-state index contributed by atoms with van der Waals surface area (Å²) in [5.74, 6) is -1.82. The average molecular weight is 435 g/mol. The number of ether oxygens (including phenoxy) is 3. The number of halogens is 1. The summed E-state index contributed by atoms with van der Waals surface area (Å²) in [6.07, 6.45) is 0.0150. The summed E-state index contributed by atoms with van der Waals surface area (Å²) in [7, 11) is 0. The number of carbonyl (C=O) groups excluding carboxylic acids is 3. The van der Waals surface area contributed by atoms with Crippen LogP contribution >= 0.6 is 0 Å². The Kier molecular flexibility index (Phi) is 5.85. The number of anilines is 2. The molecule has 0 aliphatic carbocycles. The third-order valence-electron chi connectivity index (χ3n) is 5.94. The van der Waals surface area contributed by atoms with E-state index in [1.807, 2.05) is 4.90 Å². The average Bonchev–Trinajstić information content (AvgIpc) is 3.33. The number of imide groups is 1. The third-order valence-corrected chi connectivity index (χ3v) is 5.94. The molecule has 3 aliphatic rings. The van der Waals surface area contributed by atoms with Crippen LogP contribution in [0, 0.1) is 5.82 Å². The van der Waals surface area contributed by atoms with E-state index >= 15 is 0 Å². The summed E-state index contributed by atoms with van der Waals surface area (Å²) >= 11 is 0. The van der Waals surface area contributed by atoms with Crippen LogP contribution in [0.15, 0.2) is 18.2 Å². The lowest BCUT2D eigenvalue weighted by Gasteiger charge is -2.38. The quantitative estimate of drug-likeness (QED) is 0.714. The molecule has 0 bridgehead atoms. The Balaban J connectivity index is 1.41. The van der Waals surface area contributed by atoms with E-state index in [0.717, 1.165) is 4.90 Å². The van der Waals surface area contributed by atoms with Crippen molar-refractivity contribution in [2.75, 3.05) is 49.2 Å². The first kappa shape index (κ1) is 21.5. The Bertz CT molecular complexity index is 864. The normalized spacial score (nSPS) is 22.7. The SMILES string of the molecule is CC(=O)N(C[C@H]1CN(c2ccc(N3CCC4(CC3)OCCO4)c(F)c2)C(=O)O1)C(C)=O. The zero-order valence-corrected chi connectivity index (χ0v) is 17.6. The molecular weight excluding hydrogens is 409 g/mol. The van der Waals surface area contributed by atoms with E-state index < -0.39 is 35.6 Å². The van der Waals surface area contributed by atoms with Crippen molar-refractivity contribution in [3.63, 3.8) is 0 Å². The minimum Gasteiger partial charge on any atom is -0.442 e. The molecule has 1 atom stereocenters. The maximum absolute atomic E-state index is 14.9. The highest BCUT2D eigenvalue weighted by Gasteiger charge is 2.40. The number of hydrogen-bond acceptors (Lipinski definition) is 7. The number of amides is 3. The van der Waals surface area contributed by atoms with Crippen LogP contribution in [0.25, 0.3) is 0 Å².